The van der Waals surface area contributed by atoms with Gasteiger partial charge in [-0.3, -0.25) is 0 Å². The molecular weight excluding hydrogens is 977 g/mol. The van der Waals surface area contributed by atoms with Crippen LogP contribution in [0.15, 0.2) is 201 Å². The summed E-state index contributed by atoms with van der Waals surface area (Å²) in [5.41, 5.74) is 35.0. The summed E-state index contributed by atoms with van der Waals surface area (Å²) in [5.74, 6) is 0. The first-order valence-corrected chi connectivity index (χ1v) is 29.5. The molecule has 1 saturated carbocycles. The lowest BCUT2D eigenvalue weighted by atomic mass is 9.65. The SMILES string of the molecule is C=Cc1cc(C)ccc1-c1ccc(N2c3ccc(cc3)C3(CCCCC3)c3ccc(cc3)N(c3ccc(-c4ccc(C)cc4C)c(C)c3)c3ccc(-c4ccc(C)cc4C)c(c3)CCc3cc(C)ccc3-c3ccc2cc3C)cc1C. The molecule has 0 aromatic heterocycles. The summed E-state index contributed by atoms with van der Waals surface area (Å²) in [7, 11) is 0. The standard InChI is InChI=1S/C79H76N2/c1-11-60-45-53(4)17-35-76(60)74-38-30-67(48-58(74)9)80-65-25-21-63(22-26-65)79(41-13-12-14-42-79)64-23-27-66(28-24-64)81(69-29-37-72(57(8)47-69)71-33-15-51(2)43-55(71)6)70-32-40-78(73-34-16-52(3)44-56(73)7)62(50-70)20-19-61-46-54(5)18-36-77(61)75-39-31-68(80)49-59(75)10/h11,15-18,21-40,43-50H,1,12-14,19-20,41-42H2,2-10H3. The Morgan fingerprint density at radius 1 is 0.309 bits per heavy atom. The Balaban J connectivity index is 1.05. The molecule has 6 aliphatic rings. The van der Waals surface area contributed by atoms with Crippen LogP contribution in [0.3, 0.4) is 0 Å². The number of rotatable bonds is 6. The van der Waals surface area contributed by atoms with Crippen LogP contribution in [0.1, 0.15) is 110 Å². The molecule has 0 atom stereocenters. The topological polar surface area (TPSA) is 6.48 Å². The molecule has 2 heteroatoms. The van der Waals surface area contributed by atoms with Crippen LogP contribution in [0.4, 0.5) is 34.1 Å². The molecule has 5 aliphatic heterocycles. The van der Waals surface area contributed by atoms with Gasteiger partial charge in [0.05, 0.1) is 0 Å². The van der Waals surface area contributed by atoms with Crippen molar-refractivity contribution in [2.24, 2.45) is 0 Å². The van der Waals surface area contributed by atoms with Gasteiger partial charge < -0.3 is 9.80 Å². The Labute approximate surface area is 483 Å². The lowest BCUT2D eigenvalue weighted by molar-refractivity contribution is 0.346. The maximum atomic E-state index is 4.20. The van der Waals surface area contributed by atoms with Crippen molar-refractivity contribution in [3.05, 3.63) is 279 Å². The summed E-state index contributed by atoms with van der Waals surface area (Å²) in [4.78, 5) is 4.98. The first-order chi connectivity index (χ1) is 39.2. The highest BCUT2D eigenvalue weighted by Crippen LogP contribution is 2.49. The van der Waals surface area contributed by atoms with E-state index in [1.807, 2.05) is 6.08 Å². The molecular formula is C79H76N2. The number of hydrogen-bond acceptors (Lipinski definition) is 2. The first-order valence-electron chi connectivity index (χ1n) is 29.5. The number of nitrogens with zero attached hydrogens (tertiary/aromatic N) is 2. The Morgan fingerprint density at radius 2 is 0.630 bits per heavy atom. The highest BCUT2D eigenvalue weighted by molar-refractivity contribution is 5.86. The number of hydrogen-bond donors (Lipinski definition) is 0. The van der Waals surface area contributed by atoms with Gasteiger partial charge in [-0.15, -0.1) is 0 Å². The Bertz CT molecular complexity index is 4030. The third-order valence-corrected chi connectivity index (χ3v) is 18.1. The van der Waals surface area contributed by atoms with Crippen molar-refractivity contribution in [1.29, 1.82) is 0 Å². The normalized spacial score (nSPS) is 14.0. The predicted octanol–water partition coefficient (Wildman–Crippen LogP) is 22.1. The summed E-state index contributed by atoms with van der Waals surface area (Å²) < 4.78 is 0. The van der Waals surface area contributed by atoms with E-state index in [1.54, 1.807) is 0 Å². The van der Waals surface area contributed by atoms with E-state index in [0.717, 1.165) is 65.4 Å². The van der Waals surface area contributed by atoms with Crippen LogP contribution in [0.25, 0.3) is 50.6 Å². The number of anilines is 6. The molecule has 0 N–H and O–H groups in total. The maximum absolute atomic E-state index is 4.20. The van der Waals surface area contributed by atoms with Gasteiger partial charge in [-0.05, 0) is 261 Å². The molecule has 8 bridgehead atoms. The van der Waals surface area contributed by atoms with E-state index in [0.29, 0.717) is 0 Å². The minimum Gasteiger partial charge on any atom is -0.310 e. The van der Waals surface area contributed by atoms with Crippen molar-refractivity contribution in [2.45, 2.75) is 113 Å². The van der Waals surface area contributed by atoms with Crippen LogP contribution >= 0.6 is 0 Å². The van der Waals surface area contributed by atoms with Crippen LogP contribution in [-0.2, 0) is 18.3 Å². The summed E-state index contributed by atoms with van der Waals surface area (Å²) in [6.45, 7) is 24.3. The monoisotopic (exact) mass is 1050 g/mol. The van der Waals surface area contributed by atoms with Gasteiger partial charge in [-0.25, -0.2) is 0 Å². The molecule has 0 radical (unpaired) electrons. The van der Waals surface area contributed by atoms with E-state index in [1.165, 1.54) is 136 Å². The quantitative estimate of drug-likeness (QED) is 0.164. The molecule has 1 fully saturated rings. The summed E-state index contributed by atoms with van der Waals surface area (Å²) in [6.07, 6.45) is 9.67. The van der Waals surface area contributed by atoms with Crippen LogP contribution in [-0.4, -0.2) is 0 Å². The first kappa shape index (κ1) is 53.2. The third kappa shape index (κ3) is 10.2. The van der Waals surface area contributed by atoms with E-state index in [4.69, 9.17) is 0 Å². The second-order valence-corrected chi connectivity index (χ2v) is 23.8. The minimum atomic E-state index is -0.105. The second-order valence-electron chi connectivity index (χ2n) is 23.8. The van der Waals surface area contributed by atoms with Crippen molar-refractivity contribution < 1.29 is 0 Å². The number of benzene rings is 10. The van der Waals surface area contributed by atoms with Gasteiger partial charge in [0, 0.05) is 39.5 Å². The van der Waals surface area contributed by atoms with Crippen LogP contribution in [0, 0.1) is 62.3 Å². The van der Waals surface area contributed by atoms with Gasteiger partial charge >= 0.3 is 0 Å². The second kappa shape index (κ2) is 21.9. The van der Waals surface area contributed by atoms with Crippen LogP contribution in [0.5, 0.6) is 0 Å². The number of aryl methyl sites for hydroxylation is 11. The van der Waals surface area contributed by atoms with Gasteiger partial charge in [0.25, 0.3) is 0 Å². The zero-order valence-corrected chi connectivity index (χ0v) is 49.1. The largest absolute Gasteiger partial charge is 0.310 e. The molecule has 0 unspecified atom stereocenters. The van der Waals surface area contributed by atoms with Gasteiger partial charge in [0.1, 0.15) is 0 Å². The fraction of sp³-hybridized carbons (Fsp3) is 0.215. The molecule has 10 aromatic rings. The van der Waals surface area contributed by atoms with Crippen molar-refractivity contribution in [3.8, 4) is 44.5 Å². The van der Waals surface area contributed by atoms with Crippen LogP contribution < -0.4 is 9.80 Å². The smallest absolute Gasteiger partial charge is 0.0464 e. The van der Waals surface area contributed by atoms with E-state index in [-0.39, 0.29) is 5.41 Å². The highest BCUT2D eigenvalue weighted by atomic mass is 15.1. The molecule has 16 rings (SSSR count). The van der Waals surface area contributed by atoms with E-state index in [9.17, 15) is 0 Å². The van der Waals surface area contributed by atoms with Crippen molar-refractivity contribution in [2.75, 3.05) is 9.80 Å². The lowest BCUT2D eigenvalue weighted by Gasteiger charge is -2.39. The average molecular weight is 1050 g/mol. The van der Waals surface area contributed by atoms with E-state index < -0.39 is 0 Å². The van der Waals surface area contributed by atoms with Gasteiger partial charge in [0.2, 0.25) is 0 Å². The molecule has 5 heterocycles. The van der Waals surface area contributed by atoms with Gasteiger partial charge in [0.15, 0.2) is 0 Å². The molecule has 81 heavy (non-hydrogen) atoms. The lowest BCUT2D eigenvalue weighted by Crippen LogP contribution is -2.30. The van der Waals surface area contributed by atoms with Gasteiger partial charge in [-0.2, -0.15) is 0 Å². The molecule has 10 aromatic carbocycles. The zero-order valence-electron chi connectivity index (χ0n) is 49.1. The average Bonchev–Trinajstić information content (AvgIpc) is 3.67. The minimum absolute atomic E-state index is 0.105. The molecule has 402 valence electrons. The molecule has 0 saturated heterocycles. The Hall–Kier alpha value is -8.46. The maximum Gasteiger partial charge on any atom is 0.0464 e. The summed E-state index contributed by atoms with van der Waals surface area (Å²) in [5, 5.41) is 0. The van der Waals surface area contributed by atoms with E-state index in [2.05, 4.69) is 273 Å². The van der Waals surface area contributed by atoms with Crippen molar-refractivity contribution in [1.82, 2.24) is 0 Å². The number of fused-ring (bicyclic) bond motifs is 1. The van der Waals surface area contributed by atoms with Gasteiger partial charge in [-0.1, -0.05) is 175 Å². The fourth-order valence-corrected chi connectivity index (χ4v) is 13.9. The van der Waals surface area contributed by atoms with E-state index >= 15 is 0 Å². The third-order valence-electron chi connectivity index (χ3n) is 18.1. The molecule has 1 spiro atoms. The molecule has 0 amide bonds. The Morgan fingerprint density at radius 3 is 1.06 bits per heavy atom. The summed E-state index contributed by atoms with van der Waals surface area (Å²) >= 11 is 0. The Kier molecular flexibility index (Phi) is 14.4. The fourth-order valence-electron chi connectivity index (χ4n) is 13.9. The molecule has 1 aliphatic carbocycles. The molecule has 2 nitrogen and oxygen atoms in total. The van der Waals surface area contributed by atoms with Crippen molar-refractivity contribution >= 4 is 40.2 Å². The zero-order chi connectivity index (χ0) is 56.1. The van der Waals surface area contributed by atoms with Crippen LogP contribution in [0.2, 0.25) is 0 Å². The highest BCUT2D eigenvalue weighted by Gasteiger charge is 2.36. The summed E-state index contributed by atoms with van der Waals surface area (Å²) in [6, 6.07) is 75.4. The van der Waals surface area contributed by atoms with Crippen molar-refractivity contribution in [3.63, 3.8) is 0 Å². The predicted molar refractivity (Wildman–Crippen MR) is 348 cm³/mol.